The summed E-state index contributed by atoms with van der Waals surface area (Å²) >= 11 is 3.47. The molecule has 0 bridgehead atoms. The van der Waals surface area contributed by atoms with Crippen LogP contribution in [0.25, 0.3) is 0 Å². The third-order valence-electron chi connectivity index (χ3n) is 5.03. The molecule has 170 valence electrons. The number of carboxylic acids is 1. The number of nitrogens with zero attached hydrogens (tertiary/aromatic N) is 1. The number of aliphatic carboxylic acids is 1. The summed E-state index contributed by atoms with van der Waals surface area (Å²) in [5, 5.41) is 9.11. The lowest BCUT2D eigenvalue weighted by atomic mass is 10.1. The molecule has 0 aliphatic carbocycles. The minimum atomic E-state index is -0.839. The number of carbonyl (C=O) groups is 1. The topological polar surface area (TPSA) is 49.8 Å². The number of fused-ring (bicyclic) bond motifs is 1. The molecule has 2 unspecified atom stereocenters. The molecule has 6 heteroatoms. The number of benzene rings is 2. The van der Waals surface area contributed by atoms with Crippen molar-refractivity contribution in [1.82, 2.24) is 0 Å². The van der Waals surface area contributed by atoms with Crippen molar-refractivity contribution >= 4 is 40.9 Å². The highest BCUT2D eigenvalue weighted by atomic mass is 32.2. The van der Waals surface area contributed by atoms with Crippen LogP contribution in [-0.4, -0.2) is 36.2 Å². The molecule has 1 aliphatic heterocycles. The van der Waals surface area contributed by atoms with Gasteiger partial charge in [-0.1, -0.05) is 51.8 Å². The smallest absolute Gasteiger partial charge is 0.309 e. The van der Waals surface area contributed by atoms with Gasteiger partial charge in [-0.3, -0.25) is 4.79 Å². The molecule has 0 saturated heterocycles. The molecule has 1 N–H and O–H groups in total. The number of hydrogen-bond acceptors (Lipinski definition) is 5. The molecular formula is C25H35NO3S2. The summed E-state index contributed by atoms with van der Waals surface area (Å²) in [5.41, 5.74) is 2.38. The van der Waals surface area contributed by atoms with Gasteiger partial charge in [0.05, 0.1) is 16.5 Å². The number of ether oxygens (including phenoxy) is 1. The van der Waals surface area contributed by atoms with E-state index in [1.807, 2.05) is 24.1 Å². The van der Waals surface area contributed by atoms with Crippen molar-refractivity contribution in [2.24, 2.45) is 11.8 Å². The van der Waals surface area contributed by atoms with E-state index in [9.17, 15) is 4.79 Å². The maximum absolute atomic E-state index is 11.1. The van der Waals surface area contributed by atoms with Crippen LogP contribution in [0.5, 0.6) is 5.75 Å². The number of rotatable bonds is 7. The average Bonchev–Trinajstić information content (AvgIpc) is 2.95. The van der Waals surface area contributed by atoms with Crippen LogP contribution in [0.15, 0.2) is 52.3 Å². The minimum absolute atomic E-state index is 0.172. The number of hydrogen-bond donors (Lipinski definition) is 1. The van der Waals surface area contributed by atoms with Gasteiger partial charge in [0.15, 0.2) is 0 Å². The molecule has 2 aromatic rings. The predicted octanol–water partition coefficient (Wildman–Crippen LogP) is 7.19. The second-order valence-electron chi connectivity index (χ2n) is 7.88. The number of carboxylic acid groups (broad SMARTS) is 1. The lowest BCUT2D eigenvalue weighted by Crippen LogP contribution is -2.23. The molecule has 0 saturated carbocycles. The van der Waals surface area contributed by atoms with Crippen molar-refractivity contribution in [3.8, 4) is 5.75 Å². The largest absolute Gasteiger partial charge is 0.491 e. The molecule has 2 atom stereocenters. The van der Waals surface area contributed by atoms with E-state index in [4.69, 9.17) is 9.84 Å². The third kappa shape index (κ3) is 7.39. The lowest BCUT2D eigenvalue weighted by molar-refractivity contribution is -0.142. The average molecular weight is 462 g/mol. The van der Waals surface area contributed by atoms with Gasteiger partial charge in [-0.15, -0.1) is 23.5 Å². The molecule has 0 spiro atoms. The molecule has 0 radical (unpaired) electrons. The van der Waals surface area contributed by atoms with Crippen molar-refractivity contribution in [3.05, 3.63) is 42.5 Å². The van der Waals surface area contributed by atoms with Crippen LogP contribution in [0.2, 0.25) is 0 Å². The summed E-state index contributed by atoms with van der Waals surface area (Å²) in [7, 11) is 0. The Hall–Kier alpha value is -1.79. The van der Waals surface area contributed by atoms with Gasteiger partial charge in [0.25, 0.3) is 0 Å². The molecule has 31 heavy (non-hydrogen) atoms. The summed E-state index contributed by atoms with van der Waals surface area (Å²) in [5.74, 6) is 0.988. The van der Waals surface area contributed by atoms with Crippen molar-refractivity contribution in [1.29, 1.82) is 0 Å². The molecule has 1 heterocycles. The summed E-state index contributed by atoms with van der Waals surface area (Å²) in [4.78, 5) is 15.7. The summed E-state index contributed by atoms with van der Waals surface area (Å²) in [6, 6.07) is 14.7. The molecule has 1 aliphatic rings. The van der Waals surface area contributed by atoms with Crippen LogP contribution in [0.4, 0.5) is 11.4 Å². The molecular weight excluding hydrogens is 426 g/mol. The first-order chi connectivity index (χ1) is 14.9. The normalized spacial score (nSPS) is 16.4. The van der Waals surface area contributed by atoms with E-state index < -0.39 is 11.9 Å². The van der Waals surface area contributed by atoms with Gasteiger partial charge in [0.2, 0.25) is 0 Å². The zero-order valence-corrected chi connectivity index (χ0v) is 20.9. The van der Waals surface area contributed by atoms with Crippen LogP contribution in [-0.2, 0) is 4.79 Å². The molecule has 0 amide bonds. The Labute approximate surface area is 195 Å². The van der Waals surface area contributed by atoms with Crippen molar-refractivity contribution < 1.29 is 14.6 Å². The monoisotopic (exact) mass is 461 g/mol. The number of anilines is 2. The van der Waals surface area contributed by atoms with Gasteiger partial charge in [0.1, 0.15) is 12.4 Å². The summed E-state index contributed by atoms with van der Waals surface area (Å²) < 4.78 is 5.89. The Bertz CT molecular complexity index is 827. The SMILES string of the molecule is CCCC.CSc1cc2c(cc1OCC(C)C(=O)O)SCC(C)CN2c1ccccc1. The Morgan fingerprint density at radius 3 is 2.52 bits per heavy atom. The summed E-state index contributed by atoms with van der Waals surface area (Å²) in [6.45, 7) is 9.44. The molecule has 0 aromatic heterocycles. The Balaban J connectivity index is 0.000000785. The van der Waals surface area contributed by atoms with Crippen LogP contribution in [0.1, 0.15) is 40.5 Å². The lowest BCUT2D eigenvalue weighted by Gasteiger charge is -2.27. The maximum Gasteiger partial charge on any atom is 0.309 e. The quantitative estimate of drug-likeness (QED) is 0.440. The highest BCUT2D eigenvalue weighted by molar-refractivity contribution is 7.99. The van der Waals surface area contributed by atoms with Crippen LogP contribution >= 0.6 is 23.5 Å². The van der Waals surface area contributed by atoms with E-state index in [-0.39, 0.29) is 6.61 Å². The van der Waals surface area contributed by atoms with E-state index in [2.05, 4.69) is 62.1 Å². The predicted molar refractivity (Wildman–Crippen MR) is 134 cm³/mol. The fraction of sp³-hybridized carbons (Fsp3) is 0.480. The van der Waals surface area contributed by atoms with Crippen LogP contribution in [0, 0.1) is 11.8 Å². The number of thioether (sulfide) groups is 2. The fourth-order valence-electron chi connectivity index (χ4n) is 2.96. The second kappa shape index (κ2) is 12.9. The van der Waals surface area contributed by atoms with Gasteiger partial charge in [0, 0.05) is 22.9 Å². The fourth-order valence-corrected chi connectivity index (χ4v) is 4.59. The van der Waals surface area contributed by atoms with E-state index in [1.165, 1.54) is 29.1 Å². The number of unbranched alkanes of at least 4 members (excludes halogenated alkanes) is 1. The van der Waals surface area contributed by atoms with Gasteiger partial charge >= 0.3 is 5.97 Å². The Morgan fingerprint density at radius 1 is 1.26 bits per heavy atom. The van der Waals surface area contributed by atoms with E-state index in [0.717, 1.165) is 22.9 Å². The zero-order valence-electron chi connectivity index (χ0n) is 19.3. The summed E-state index contributed by atoms with van der Waals surface area (Å²) in [6.07, 6.45) is 4.66. The van der Waals surface area contributed by atoms with Gasteiger partial charge in [-0.25, -0.2) is 0 Å². The highest BCUT2D eigenvalue weighted by Gasteiger charge is 2.24. The second-order valence-corrected chi connectivity index (χ2v) is 9.79. The number of para-hydroxylation sites is 1. The van der Waals surface area contributed by atoms with Gasteiger partial charge < -0.3 is 14.7 Å². The highest BCUT2D eigenvalue weighted by Crippen LogP contribution is 2.44. The minimum Gasteiger partial charge on any atom is -0.491 e. The zero-order chi connectivity index (χ0) is 22.8. The van der Waals surface area contributed by atoms with Crippen molar-refractivity contribution in [2.45, 2.75) is 50.3 Å². The van der Waals surface area contributed by atoms with Gasteiger partial charge in [-0.2, -0.15) is 0 Å². The van der Waals surface area contributed by atoms with E-state index in [1.54, 1.807) is 18.7 Å². The third-order valence-corrected chi connectivity index (χ3v) is 7.16. The van der Waals surface area contributed by atoms with E-state index in [0.29, 0.717) is 5.92 Å². The standard InChI is InChI=1S/C21H25NO3S2.C4H10/c1-14-11-22(16-7-5-4-6-8-16)17-9-20(26-3)18(10-19(17)27-13-14)25-12-15(2)21(23)24;1-3-4-2/h4-10,14-15H,11-13H2,1-3H3,(H,23,24);3-4H2,1-2H3. The van der Waals surface area contributed by atoms with Crippen molar-refractivity contribution in [2.75, 3.05) is 30.1 Å². The molecule has 3 rings (SSSR count). The first-order valence-electron chi connectivity index (χ1n) is 10.9. The Kier molecular flexibility index (Phi) is 10.6. The van der Waals surface area contributed by atoms with Gasteiger partial charge in [-0.05, 0) is 43.4 Å². The molecule has 4 nitrogen and oxygen atoms in total. The molecule has 2 aromatic carbocycles. The molecule has 0 fully saturated rings. The van der Waals surface area contributed by atoms with E-state index >= 15 is 0 Å². The Morgan fingerprint density at radius 2 is 1.94 bits per heavy atom. The first-order valence-corrected chi connectivity index (χ1v) is 13.1. The maximum atomic E-state index is 11.1. The van der Waals surface area contributed by atoms with Crippen molar-refractivity contribution in [3.63, 3.8) is 0 Å². The van der Waals surface area contributed by atoms with Crippen LogP contribution in [0.3, 0.4) is 0 Å². The first kappa shape index (κ1) is 25.5. The van der Waals surface area contributed by atoms with Crippen LogP contribution < -0.4 is 9.64 Å².